The van der Waals surface area contributed by atoms with E-state index in [4.69, 9.17) is 4.74 Å². The molecule has 2 rings (SSSR count). The average Bonchev–Trinajstić information content (AvgIpc) is 2.40. The van der Waals surface area contributed by atoms with Gasteiger partial charge in [-0.1, -0.05) is 6.07 Å². The van der Waals surface area contributed by atoms with Crippen molar-refractivity contribution in [2.75, 3.05) is 24.8 Å². The summed E-state index contributed by atoms with van der Waals surface area (Å²) in [7, 11) is -1.03. The topological polar surface area (TPSA) is 55.4 Å². The molecule has 1 unspecified atom stereocenters. The molecule has 0 bridgehead atoms. The Balaban J connectivity index is 2.02. The number of benzene rings is 1. The van der Waals surface area contributed by atoms with Crippen molar-refractivity contribution in [3.05, 3.63) is 24.3 Å². The van der Waals surface area contributed by atoms with Crippen LogP contribution in [0, 0.1) is 5.92 Å². The number of anilines is 1. The van der Waals surface area contributed by atoms with Crippen LogP contribution in [0.25, 0.3) is 0 Å². The van der Waals surface area contributed by atoms with Crippen LogP contribution in [-0.2, 0) is 20.3 Å². The summed E-state index contributed by atoms with van der Waals surface area (Å²) in [6.45, 7) is 1.30. The van der Waals surface area contributed by atoms with Gasteiger partial charge in [0.25, 0.3) is 0 Å². The molecule has 0 aliphatic carbocycles. The summed E-state index contributed by atoms with van der Waals surface area (Å²) in [5.41, 5.74) is 0.708. The fraction of sp³-hybridized carbons (Fsp3) is 0.462. The molecule has 5 heteroatoms. The van der Waals surface area contributed by atoms with Crippen LogP contribution in [-0.4, -0.2) is 29.6 Å². The Morgan fingerprint density at radius 1 is 1.39 bits per heavy atom. The summed E-state index contributed by atoms with van der Waals surface area (Å²) >= 11 is 0. The number of hydrogen-bond donors (Lipinski definition) is 1. The molecule has 1 atom stereocenters. The smallest absolute Gasteiger partial charge is 0.227 e. The van der Waals surface area contributed by atoms with E-state index in [0.29, 0.717) is 18.9 Å². The van der Waals surface area contributed by atoms with E-state index in [0.717, 1.165) is 17.7 Å². The van der Waals surface area contributed by atoms with Gasteiger partial charge >= 0.3 is 0 Å². The van der Waals surface area contributed by atoms with Crippen LogP contribution < -0.4 is 5.32 Å². The molecule has 18 heavy (non-hydrogen) atoms. The van der Waals surface area contributed by atoms with Crippen molar-refractivity contribution in [2.45, 2.75) is 17.7 Å². The molecular formula is C13H17NO3S. The fourth-order valence-electron chi connectivity index (χ4n) is 1.96. The molecule has 1 N–H and O–H groups in total. The third-order valence-corrected chi connectivity index (χ3v) is 3.94. The van der Waals surface area contributed by atoms with Crippen LogP contribution in [0.15, 0.2) is 29.2 Å². The second-order valence-electron chi connectivity index (χ2n) is 4.36. The first kappa shape index (κ1) is 13.2. The van der Waals surface area contributed by atoms with E-state index in [9.17, 15) is 9.00 Å². The lowest BCUT2D eigenvalue weighted by atomic mass is 9.99. The molecule has 0 spiro atoms. The van der Waals surface area contributed by atoms with E-state index in [1.807, 2.05) is 6.07 Å². The maximum Gasteiger partial charge on any atom is 0.227 e. The normalized spacial score (nSPS) is 18.3. The number of ether oxygens (including phenoxy) is 1. The van der Waals surface area contributed by atoms with E-state index in [1.54, 1.807) is 24.5 Å². The van der Waals surface area contributed by atoms with E-state index in [-0.39, 0.29) is 11.8 Å². The molecule has 0 aromatic heterocycles. The number of rotatable bonds is 3. The molecule has 0 saturated carbocycles. The summed E-state index contributed by atoms with van der Waals surface area (Å²) in [4.78, 5) is 12.7. The lowest BCUT2D eigenvalue weighted by Crippen LogP contribution is -2.28. The summed E-state index contributed by atoms with van der Waals surface area (Å²) in [6.07, 6.45) is 3.16. The summed E-state index contributed by atoms with van der Waals surface area (Å²) < 4.78 is 16.6. The summed E-state index contributed by atoms with van der Waals surface area (Å²) in [5.74, 6) is 0.0480. The molecule has 98 valence electrons. The molecule has 1 aromatic rings. The lowest BCUT2D eigenvalue weighted by Gasteiger charge is -2.21. The van der Waals surface area contributed by atoms with Crippen LogP contribution >= 0.6 is 0 Å². The molecule has 4 nitrogen and oxygen atoms in total. The molecule has 1 aromatic carbocycles. The first-order valence-corrected chi connectivity index (χ1v) is 7.55. The van der Waals surface area contributed by atoms with Gasteiger partial charge in [-0.05, 0) is 31.0 Å². The second-order valence-corrected chi connectivity index (χ2v) is 5.74. The standard InChI is InChI=1S/C13H17NO3S/c1-18(16)12-4-2-3-11(9-12)14-13(15)10-5-7-17-8-6-10/h2-4,9-10H,5-8H2,1H3,(H,14,15). The highest BCUT2D eigenvalue weighted by Gasteiger charge is 2.21. The number of hydrogen-bond acceptors (Lipinski definition) is 3. The third kappa shape index (κ3) is 3.40. The zero-order valence-corrected chi connectivity index (χ0v) is 11.2. The van der Waals surface area contributed by atoms with E-state index >= 15 is 0 Å². The minimum atomic E-state index is -1.03. The highest BCUT2D eigenvalue weighted by molar-refractivity contribution is 7.84. The van der Waals surface area contributed by atoms with Crippen molar-refractivity contribution in [2.24, 2.45) is 5.92 Å². The predicted octanol–water partition coefficient (Wildman–Crippen LogP) is 1.79. The van der Waals surface area contributed by atoms with Crippen LogP contribution in [0.1, 0.15) is 12.8 Å². The SMILES string of the molecule is CS(=O)c1cccc(NC(=O)C2CCOCC2)c1. The average molecular weight is 267 g/mol. The monoisotopic (exact) mass is 267 g/mol. The highest BCUT2D eigenvalue weighted by Crippen LogP contribution is 2.19. The molecular weight excluding hydrogens is 250 g/mol. The minimum Gasteiger partial charge on any atom is -0.381 e. The van der Waals surface area contributed by atoms with Gasteiger partial charge in [0.2, 0.25) is 5.91 Å². The minimum absolute atomic E-state index is 0.0227. The van der Waals surface area contributed by atoms with E-state index in [1.165, 1.54) is 0 Å². The van der Waals surface area contributed by atoms with Crippen molar-refractivity contribution in [3.63, 3.8) is 0 Å². The first-order chi connectivity index (χ1) is 8.66. The Morgan fingerprint density at radius 3 is 2.78 bits per heavy atom. The van der Waals surface area contributed by atoms with Crippen LogP contribution in [0.2, 0.25) is 0 Å². The Morgan fingerprint density at radius 2 is 2.11 bits per heavy atom. The van der Waals surface area contributed by atoms with Crippen LogP contribution in [0.5, 0.6) is 0 Å². The molecule has 1 heterocycles. The molecule has 0 radical (unpaired) electrons. The summed E-state index contributed by atoms with van der Waals surface area (Å²) in [5, 5.41) is 2.88. The quantitative estimate of drug-likeness (QED) is 0.908. The van der Waals surface area contributed by atoms with Gasteiger partial charge in [-0.15, -0.1) is 0 Å². The predicted molar refractivity (Wildman–Crippen MR) is 70.9 cm³/mol. The lowest BCUT2D eigenvalue weighted by molar-refractivity contribution is -0.122. The Hall–Kier alpha value is -1.20. The Kier molecular flexibility index (Phi) is 4.49. The molecule has 1 fully saturated rings. The van der Waals surface area contributed by atoms with Gasteiger partial charge in [0, 0.05) is 46.8 Å². The zero-order valence-electron chi connectivity index (χ0n) is 10.3. The highest BCUT2D eigenvalue weighted by atomic mass is 32.2. The number of amides is 1. The largest absolute Gasteiger partial charge is 0.381 e. The van der Waals surface area contributed by atoms with E-state index in [2.05, 4.69) is 5.32 Å². The number of carbonyl (C=O) groups is 1. The van der Waals surface area contributed by atoms with Crippen molar-refractivity contribution in [1.29, 1.82) is 0 Å². The molecule has 1 amide bonds. The Labute approximate surface area is 109 Å². The fourth-order valence-corrected chi connectivity index (χ4v) is 2.52. The van der Waals surface area contributed by atoms with Gasteiger partial charge in [-0.25, -0.2) is 0 Å². The van der Waals surface area contributed by atoms with Gasteiger partial charge in [0.1, 0.15) is 0 Å². The van der Waals surface area contributed by atoms with Gasteiger partial charge in [0.05, 0.1) is 0 Å². The van der Waals surface area contributed by atoms with Crippen LogP contribution in [0.3, 0.4) is 0 Å². The van der Waals surface area contributed by atoms with Crippen LogP contribution in [0.4, 0.5) is 5.69 Å². The second kappa shape index (κ2) is 6.11. The maximum atomic E-state index is 12.0. The van der Waals surface area contributed by atoms with Gasteiger partial charge in [-0.3, -0.25) is 9.00 Å². The third-order valence-electron chi connectivity index (χ3n) is 3.03. The van der Waals surface area contributed by atoms with E-state index < -0.39 is 10.8 Å². The van der Waals surface area contributed by atoms with Crippen molar-refractivity contribution in [3.8, 4) is 0 Å². The number of nitrogens with one attached hydrogen (secondary N) is 1. The number of carbonyl (C=O) groups excluding carboxylic acids is 1. The maximum absolute atomic E-state index is 12.0. The molecule has 1 saturated heterocycles. The van der Waals surface area contributed by atoms with Gasteiger partial charge in [-0.2, -0.15) is 0 Å². The van der Waals surface area contributed by atoms with Gasteiger partial charge < -0.3 is 10.1 Å². The van der Waals surface area contributed by atoms with Gasteiger partial charge in [0.15, 0.2) is 0 Å². The Bertz CT molecular complexity index is 455. The first-order valence-electron chi connectivity index (χ1n) is 5.99. The molecule has 1 aliphatic heterocycles. The summed E-state index contributed by atoms with van der Waals surface area (Å²) in [6, 6.07) is 7.16. The van der Waals surface area contributed by atoms with Crippen molar-refractivity contribution >= 4 is 22.4 Å². The van der Waals surface area contributed by atoms with Crippen molar-refractivity contribution < 1.29 is 13.7 Å². The molecule has 1 aliphatic rings. The zero-order chi connectivity index (χ0) is 13.0. The van der Waals surface area contributed by atoms with Crippen molar-refractivity contribution in [1.82, 2.24) is 0 Å².